The van der Waals surface area contributed by atoms with Gasteiger partial charge in [0.05, 0.1) is 19.9 Å². The van der Waals surface area contributed by atoms with Crippen LogP contribution < -0.4 is 29.6 Å². The largest absolute Gasteiger partial charge is 0.497 e. The van der Waals surface area contributed by atoms with E-state index in [-0.39, 0.29) is 18.9 Å². The van der Waals surface area contributed by atoms with Gasteiger partial charge in [-0.05, 0) is 48.2 Å². The summed E-state index contributed by atoms with van der Waals surface area (Å²) in [7, 11) is 3.13. The zero-order valence-corrected chi connectivity index (χ0v) is 18.1. The Bertz CT molecular complexity index is 1070. The number of fused-ring (bicyclic) bond motifs is 1. The molecule has 1 atom stereocenters. The van der Waals surface area contributed by atoms with Crippen LogP contribution in [-0.4, -0.2) is 33.1 Å². The van der Waals surface area contributed by atoms with Gasteiger partial charge in [0.2, 0.25) is 6.79 Å². The van der Waals surface area contributed by atoms with Crippen LogP contribution in [0.4, 0.5) is 10.5 Å². The Hall–Kier alpha value is -3.87. The van der Waals surface area contributed by atoms with Gasteiger partial charge in [0.1, 0.15) is 11.5 Å². The lowest BCUT2D eigenvalue weighted by molar-refractivity contribution is 0.174. The summed E-state index contributed by atoms with van der Waals surface area (Å²) >= 11 is 0. The molecule has 0 saturated heterocycles. The zero-order chi connectivity index (χ0) is 22.3. The van der Waals surface area contributed by atoms with E-state index < -0.39 is 0 Å². The molecule has 0 spiro atoms. The highest BCUT2D eigenvalue weighted by Gasteiger charge is 2.18. The quantitative estimate of drug-likeness (QED) is 0.549. The highest BCUT2D eigenvalue weighted by molar-refractivity contribution is 5.91. The van der Waals surface area contributed by atoms with E-state index >= 15 is 0 Å². The number of carbonyl (C=O) groups excluding carboxylic acids is 1. The van der Waals surface area contributed by atoms with Gasteiger partial charge in [0.25, 0.3) is 0 Å². The van der Waals surface area contributed by atoms with Crippen molar-refractivity contribution >= 4 is 11.7 Å². The average Bonchev–Trinajstić information content (AvgIpc) is 3.28. The molecule has 3 aromatic rings. The van der Waals surface area contributed by atoms with Gasteiger partial charge in [0, 0.05) is 12.1 Å². The second-order valence-corrected chi connectivity index (χ2v) is 7.44. The van der Waals surface area contributed by atoms with Gasteiger partial charge in [-0.3, -0.25) is 0 Å². The molecule has 2 N–H and O–H groups in total. The minimum absolute atomic E-state index is 0.137. The molecule has 3 aromatic carbocycles. The standard InChI is InChI=1S/C25H26N2O5/c1-29-20-9-10-21(23(15-20)30-2)27-25(28)26-19(12-17-6-4-3-5-7-17)13-18-8-11-22-24(14-18)32-16-31-22/h3-11,14-15,19H,12-13,16H2,1-2H3,(H2,26,27,28)/t19-/m1/s1. The SMILES string of the molecule is COc1ccc(NC(=O)N[C@H](Cc2ccccc2)Cc2ccc3c(c2)OCO3)c(OC)c1. The maximum atomic E-state index is 12.9. The van der Waals surface area contributed by atoms with Crippen LogP contribution in [0.25, 0.3) is 0 Å². The molecule has 0 fully saturated rings. The van der Waals surface area contributed by atoms with Crippen LogP contribution >= 0.6 is 0 Å². The number of carbonyl (C=O) groups is 1. The molecular formula is C25H26N2O5. The Kier molecular flexibility index (Phi) is 6.65. The number of benzene rings is 3. The third-order valence-electron chi connectivity index (χ3n) is 5.24. The van der Waals surface area contributed by atoms with Crippen molar-refractivity contribution < 1.29 is 23.7 Å². The van der Waals surface area contributed by atoms with Gasteiger partial charge in [-0.2, -0.15) is 0 Å². The normalized spacial score (nSPS) is 12.7. The first-order chi connectivity index (χ1) is 15.6. The summed E-state index contributed by atoms with van der Waals surface area (Å²) in [4.78, 5) is 12.9. The summed E-state index contributed by atoms with van der Waals surface area (Å²) in [5.41, 5.74) is 2.76. The lowest BCUT2D eigenvalue weighted by Crippen LogP contribution is -2.40. The van der Waals surface area contributed by atoms with E-state index in [1.807, 2.05) is 36.4 Å². The van der Waals surface area contributed by atoms with Gasteiger partial charge >= 0.3 is 6.03 Å². The molecule has 0 aromatic heterocycles. The van der Waals surface area contributed by atoms with Crippen molar-refractivity contribution in [2.75, 3.05) is 26.3 Å². The maximum Gasteiger partial charge on any atom is 0.319 e. The molecule has 0 radical (unpaired) electrons. The summed E-state index contributed by atoms with van der Waals surface area (Å²) in [5.74, 6) is 2.64. The molecule has 0 saturated carbocycles. The lowest BCUT2D eigenvalue weighted by atomic mass is 9.98. The van der Waals surface area contributed by atoms with Crippen LogP contribution in [0.3, 0.4) is 0 Å². The fraction of sp³-hybridized carbons (Fsp3) is 0.240. The fourth-order valence-electron chi connectivity index (χ4n) is 3.67. The van der Waals surface area contributed by atoms with Gasteiger partial charge in [0.15, 0.2) is 11.5 Å². The maximum absolute atomic E-state index is 12.9. The number of ether oxygens (including phenoxy) is 4. The first-order valence-corrected chi connectivity index (χ1v) is 10.4. The first kappa shape index (κ1) is 21.4. The van der Waals surface area contributed by atoms with Crippen molar-refractivity contribution in [2.45, 2.75) is 18.9 Å². The van der Waals surface area contributed by atoms with E-state index in [1.165, 1.54) is 0 Å². The van der Waals surface area contributed by atoms with E-state index in [1.54, 1.807) is 32.4 Å². The Morgan fingerprint density at radius 1 is 0.906 bits per heavy atom. The fourth-order valence-corrected chi connectivity index (χ4v) is 3.67. The van der Waals surface area contributed by atoms with Gasteiger partial charge in [-0.15, -0.1) is 0 Å². The summed E-state index contributed by atoms with van der Waals surface area (Å²) < 4.78 is 21.5. The van der Waals surface area contributed by atoms with E-state index in [0.717, 1.165) is 22.6 Å². The second kappa shape index (κ2) is 9.96. The molecule has 0 bridgehead atoms. The third kappa shape index (κ3) is 5.24. The Labute approximate surface area is 187 Å². The van der Waals surface area contributed by atoms with Crippen LogP contribution in [0.1, 0.15) is 11.1 Å². The molecule has 1 aliphatic heterocycles. The van der Waals surface area contributed by atoms with Crippen LogP contribution in [-0.2, 0) is 12.8 Å². The smallest absolute Gasteiger partial charge is 0.319 e. The molecule has 0 unspecified atom stereocenters. The number of nitrogens with one attached hydrogen (secondary N) is 2. The third-order valence-corrected chi connectivity index (χ3v) is 5.24. The Balaban J connectivity index is 1.49. The van der Waals surface area contributed by atoms with Crippen molar-refractivity contribution in [1.82, 2.24) is 5.32 Å². The molecule has 2 amide bonds. The zero-order valence-electron chi connectivity index (χ0n) is 18.1. The van der Waals surface area contributed by atoms with Crippen molar-refractivity contribution in [1.29, 1.82) is 0 Å². The predicted octanol–water partition coefficient (Wildman–Crippen LogP) is 4.41. The summed E-state index contributed by atoms with van der Waals surface area (Å²) in [6, 6.07) is 20.7. The molecule has 166 valence electrons. The number of methoxy groups -OCH3 is 2. The van der Waals surface area contributed by atoms with Gasteiger partial charge in [-0.1, -0.05) is 36.4 Å². The predicted molar refractivity (Wildman–Crippen MR) is 122 cm³/mol. The van der Waals surface area contributed by atoms with Gasteiger partial charge in [-0.25, -0.2) is 4.79 Å². The molecule has 32 heavy (non-hydrogen) atoms. The Morgan fingerprint density at radius 2 is 1.69 bits per heavy atom. The number of amides is 2. The van der Waals surface area contributed by atoms with Crippen LogP contribution in [0.15, 0.2) is 66.7 Å². The van der Waals surface area contributed by atoms with Crippen molar-refractivity contribution in [3.05, 3.63) is 77.9 Å². The summed E-state index contributed by atoms with van der Waals surface area (Å²) in [6.07, 6.45) is 1.32. The average molecular weight is 434 g/mol. The van der Waals surface area contributed by atoms with Crippen LogP contribution in [0.2, 0.25) is 0 Å². The van der Waals surface area contributed by atoms with Crippen LogP contribution in [0, 0.1) is 0 Å². The molecule has 4 rings (SSSR count). The van der Waals surface area contributed by atoms with E-state index in [2.05, 4.69) is 22.8 Å². The van der Waals surface area contributed by atoms with Gasteiger partial charge < -0.3 is 29.6 Å². The summed E-state index contributed by atoms with van der Waals surface area (Å²) in [5, 5.41) is 5.98. The van der Waals surface area contributed by atoms with Crippen molar-refractivity contribution in [2.24, 2.45) is 0 Å². The number of hydrogen-bond donors (Lipinski definition) is 2. The monoisotopic (exact) mass is 434 g/mol. The summed E-state index contributed by atoms with van der Waals surface area (Å²) in [6.45, 7) is 0.233. The minimum Gasteiger partial charge on any atom is -0.497 e. The molecule has 0 aliphatic carbocycles. The number of hydrogen-bond acceptors (Lipinski definition) is 5. The molecular weight excluding hydrogens is 408 g/mol. The Morgan fingerprint density at radius 3 is 2.47 bits per heavy atom. The topological polar surface area (TPSA) is 78.1 Å². The van der Waals surface area contributed by atoms with E-state index in [0.29, 0.717) is 30.0 Å². The highest BCUT2D eigenvalue weighted by Crippen LogP contribution is 2.33. The molecule has 7 heteroatoms. The number of anilines is 1. The van der Waals surface area contributed by atoms with Crippen molar-refractivity contribution in [3.8, 4) is 23.0 Å². The van der Waals surface area contributed by atoms with Crippen LogP contribution in [0.5, 0.6) is 23.0 Å². The lowest BCUT2D eigenvalue weighted by Gasteiger charge is -2.20. The van der Waals surface area contributed by atoms with E-state index in [9.17, 15) is 4.79 Å². The number of urea groups is 1. The van der Waals surface area contributed by atoms with E-state index in [4.69, 9.17) is 18.9 Å². The number of rotatable bonds is 8. The molecule has 1 heterocycles. The highest BCUT2D eigenvalue weighted by atomic mass is 16.7. The second-order valence-electron chi connectivity index (χ2n) is 7.44. The van der Waals surface area contributed by atoms with Crippen molar-refractivity contribution in [3.63, 3.8) is 0 Å². The molecule has 7 nitrogen and oxygen atoms in total. The minimum atomic E-state index is -0.310. The first-order valence-electron chi connectivity index (χ1n) is 10.4. The molecule has 1 aliphatic rings.